The number of hydrogen-bond acceptors (Lipinski definition) is 6. The maximum Gasteiger partial charge on any atom is 0.337 e. The van der Waals surface area contributed by atoms with Crippen LogP contribution in [0.25, 0.3) is 10.8 Å². The summed E-state index contributed by atoms with van der Waals surface area (Å²) in [6, 6.07) is 24.8. The summed E-state index contributed by atoms with van der Waals surface area (Å²) in [6.07, 6.45) is 1.49. The molecule has 7 nitrogen and oxygen atoms in total. The predicted molar refractivity (Wildman–Crippen MR) is 129 cm³/mol. The molecule has 2 N–H and O–H groups in total. The number of rotatable bonds is 7. The van der Waals surface area contributed by atoms with Crippen molar-refractivity contribution in [1.82, 2.24) is 5.43 Å². The first-order valence-electron chi connectivity index (χ1n) is 10.5. The molecule has 1 amide bonds. The number of hydrogen-bond donors (Lipinski definition) is 2. The Balaban J connectivity index is 1.36. The molecule has 7 heteroatoms. The van der Waals surface area contributed by atoms with Crippen molar-refractivity contribution in [1.29, 1.82) is 0 Å². The molecule has 0 spiro atoms. The van der Waals surface area contributed by atoms with Crippen LogP contribution in [-0.2, 0) is 11.3 Å². The van der Waals surface area contributed by atoms with E-state index in [1.54, 1.807) is 42.5 Å². The molecule has 0 saturated heterocycles. The van der Waals surface area contributed by atoms with E-state index in [0.29, 0.717) is 17.9 Å². The van der Waals surface area contributed by atoms with Crippen LogP contribution >= 0.6 is 0 Å². The van der Waals surface area contributed by atoms with Crippen molar-refractivity contribution < 1.29 is 24.2 Å². The highest BCUT2D eigenvalue weighted by Gasteiger charge is 2.11. The first-order valence-corrected chi connectivity index (χ1v) is 10.5. The Morgan fingerprint density at radius 3 is 2.41 bits per heavy atom. The van der Waals surface area contributed by atoms with Gasteiger partial charge in [0.15, 0.2) is 0 Å². The lowest BCUT2D eigenvalue weighted by molar-refractivity contribution is 0.0600. The van der Waals surface area contributed by atoms with E-state index in [-0.39, 0.29) is 17.3 Å². The summed E-state index contributed by atoms with van der Waals surface area (Å²) in [4.78, 5) is 24.0. The third-order valence-corrected chi connectivity index (χ3v) is 5.13. The molecular weight excluding hydrogens is 432 g/mol. The van der Waals surface area contributed by atoms with Crippen molar-refractivity contribution in [3.05, 3.63) is 107 Å². The number of phenolic OH excluding ortho intramolecular Hbond substituents is 1. The first kappa shape index (κ1) is 22.5. The molecule has 0 atom stereocenters. The fraction of sp³-hybridized carbons (Fsp3) is 0.0741. The van der Waals surface area contributed by atoms with Gasteiger partial charge in [0.2, 0.25) is 0 Å². The van der Waals surface area contributed by atoms with Crippen LogP contribution in [0.2, 0.25) is 0 Å². The number of hydrazone groups is 1. The van der Waals surface area contributed by atoms with E-state index in [1.165, 1.54) is 13.3 Å². The second-order valence-electron chi connectivity index (χ2n) is 7.47. The Bertz CT molecular complexity index is 1360. The number of nitrogens with one attached hydrogen (secondary N) is 1. The Morgan fingerprint density at radius 1 is 0.941 bits per heavy atom. The summed E-state index contributed by atoms with van der Waals surface area (Å²) in [5.74, 6) is -0.384. The van der Waals surface area contributed by atoms with Gasteiger partial charge in [-0.3, -0.25) is 4.79 Å². The minimum absolute atomic E-state index is 0.110. The lowest BCUT2D eigenvalue weighted by Crippen LogP contribution is -2.17. The predicted octanol–water partition coefficient (Wildman–Crippen LogP) is 4.67. The van der Waals surface area contributed by atoms with Gasteiger partial charge in [-0.2, -0.15) is 5.10 Å². The maximum atomic E-state index is 12.5. The van der Waals surface area contributed by atoms with Crippen LogP contribution in [0.15, 0.2) is 90.0 Å². The molecule has 34 heavy (non-hydrogen) atoms. The molecule has 0 radical (unpaired) electrons. The Labute approximate surface area is 196 Å². The number of carbonyl (C=O) groups excluding carboxylic acids is 2. The highest BCUT2D eigenvalue weighted by atomic mass is 16.5. The zero-order valence-corrected chi connectivity index (χ0v) is 18.4. The van der Waals surface area contributed by atoms with Gasteiger partial charge in [-0.1, -0.05) is 48.5 Å². The average Bonchev–Trinajstić information content (AvgIpc) is 2.87. The molecule has 0 unspecified atom stereocenters. The molecule has 4 aromatic carbocycles. The van der Waals surface area contributed by atoms with E-state index in [4.69, 9.17) is 9.47 Å². The van der Waals surface area contributed by atoms with Gasteiger partial charge in [-0.15, -0.1) is 0 Å². The number of amides is 1. The lowest BCUT2D eigenvalue weighted by Gasteiger charge is -2.08. The Morgan fingerprint density at radius 2 is 1.68 bits per heavy atom. The molecule has 0 bridgehead atoms. The summed E-state index contributed by atoms with van der Waals surface area (Å²) >= 11 is 0. The van der Waals surface area contributed by atoms with Crippen molar-refractivity contribution in [2.45, 2.75) is 6.61 Å². The zero-order valence-electron chi connectivity index (χ0n) is 18.4. The molecule has 0 aliphatic heterocycles. The standard InChI is InChI=1S/C27H22N2O5/c1-33-27(32)20-11-9-18(10-12-20)17-34-23-8-4-5-19(13-23)16-28-29-26(31)24-14-21-6-2-3-7-22(21)15-25(24)30/h2-16,30H,17H2,1H3,(H,29,31). The zero-order chi connectivity index (χ0) is 23.9. The quantitative estimate of drug-likeness (QED) is 0.240. The van der Waals surface area contributed by atoms with Crippen LogP contribution in [0, 0.1) is 0 Å². The number of benzene rings is 4. The van der Waals surface area contributed by atoms with Crippen LogP contribution in [-0.4, -0.2) is 30.3 Å². The SMILES string of the molecule is COC(=O)c1ccc(COc2cccc(C=NNC(=O)c3cc4ccccc4cc3O)c2)cc1. The summed E-state index contributed by atoms with van der Waals surface area (Å²) in [5, 5.41) is 15.9. The van der Waals surface area contributed by atoms with E-state index in [1.807, 2.05) is 42.5 Å². The molecule has 4 aromatic rings. The number of esters is 1. The second kappa shape index (κ2) is 10.3. The summed E-state index contributed by atoms with van der Waals surface area (Å²) in [5.41, 5.74) is 4.68. The normalized spacial score (nSPS) is 10.9. The molecule has 170 valence electrons. The molecule has 0 fully saturated rings. The van der Waals surface area contributed by atoms with E-state index >= 15 is 0 Å². The highest BCUT2D eigenvalue weighted by Crippen LogP contribution is 2.25. The minimum atomic E-state index is -0.512. The third-order valence-electron chi connectivity index (χ3n) is 5.13. The van der Waals surface area contributed by atoms with Gasteiger partial charge in [0.1, 0.15) is 18.1 Å². The van der Waals surface area contributed by atoms with E-state index in [0.717, 1.165) is 21.9 Å². The summed E-state index contributed by atoms with van der Waals surface area (Å²) in [6.45, 7) is 0.319. The monoisotopic (exact) mass is 454 g/mol. The van der Waals surface area contributed by atoms with Crippen molar-refractivity contribution in [2.75, 3.05) is 7.11 Å². The Kier molecular flexibility index (Phi) is 6.84. The van der Waals surface area contributed by atoms with Gasteiger partial charge in [-0.25, -0.2) is 10.2 Å². The molecular formula is C27H22N2O5. The van der Waals surface area contributed by atoms with Crippen molar-refractivity contribution in [3.63, 3.8) is 0 Å². The molecule has 0 aliphatic carbocycles. The molecule has 0 heterocycles. The smallest absolute Gasteiger partial charge is 0.337 e. The van der Waals surface area contributed by atoms with E-state index in [9.17, 15) is 14.7 Å². The van der Waals surface area contributed by atoms with Gasteiger partial charge in [0.25, 0.3) is 5.91 Å². The highest BCUT2D eigenvalue weighted by molar-refractivity contribution is 6.01. The minimum Gasteiger partial charge on any atom is -0.507 e. The summed E-state index contributed by atoms with van der Waals surface area (Å²) in [7, 11) is 1.34. The van der Waals surface area contributed by atoms with E-state index in [2.05, 4.69) is 10.5 Å². The maximum absolute atomic E-state index is 12.5. The number of methoxy groups -OCH3 is 1. The first-order chi connectivity index (χ1) is 16.5. The van der Waals surface area contributed by atoms with Crippen LogP contribution in [0.5, 0.6) is 11.5 Å². The van der Waals surface area contributed by atoms with Crippen molar-refractivity contribution in [2.24, 2.45) is 5.10 Å². The number of fused-ring (bicyclic) bond motifs is 1. The lowest BCUT2D eigenvalue weighted by atomic mass is 10.1. The number of carbonyl (C=O) groups is 2. The van der Waals surface area contributed by atoms with E-state index < -0.39 is 5.91 Å². The van der Waals surface area contributed by atoms with Gasteiger partial charge in [0.05, 0.1) is 24.5 Å². The van der Waals surface area contributed by atoms with Crippen molar-refractivity contribution in [3.8, 4) is 11.5 Å². The number of aromatic hydroxyl groups is 1. The van der Waals surface area contributed by atoms with Crippen molar-refractivity contribution >= 4 is 28.9 Å². The Hall–Kier alpha value is -4.65. The largest absolute Gasteiger partial charge is 0.507 e. The van der Waals surface area contributed by atoms with Crippen LogP contribution in [0.4, 0.5) is 0 Å². The van der Waals surface area contributed by atoms with Crippen LogP contribution in [0.3, 0.4) is 0 Å². The van der Waals surface area contributed by atoms with Crippen LogP contribution < -0.4 is 10.2 Å². The fourth-order valence-electron chi connectivity index (χ4n) is 3.34. The fourth-order valence-corrected chi connectivity index (χ4v) is 3.34. The number of phenols is 1. The van der Waals surface area contributed by atoms with Crippen LogP contribution in [0.1, 0.15) is 31.8 Å². The van der Waals surface area contributed by atoms with Gasteiger partial charge in [0, 0.05) is 0 Å². The number of nitrogens with zero attached hydrogens (tertiary/aromatic N) is 1. The number of ether oxygens (including phenoxy) is 2. The topological polar surface area (TPSA) is 97.2 Å². The van der Waals surface area contributed by atoms with Gasteiger partial charge in [-0.05, 0) is 58.3 Å². The molecule has 0 aromatic heterocycles. The van der Waals surface area contributed by atoms with Gasteiger partial charge >= 0.3 is 5.97 Å². The summed E-state index contributed by atoms with van der Waals surface area (Å²) < 4.78 is 10.5. The second-order valence-corrected chi connectivity index (χ2v) is 7.47. The molecule has 0 saturated carbocycles. The average molecular weight is 454 g/mol. The molecule has 4 rings (SSSR count). The van der Waals surface area contributed by atoms with Gasteiger partial charge < -0.3 is 14.6 Å². The third kappa shape index (κ3) is 5.39. The molecule has 0 aliphatic rings.